The molecule has 0 bridgehead atoms. The second-order valence-corrected chi connectivity index (χ2v) is 7.72. The van der Waals surface area contributed by atoms with Crippen molar-refractivity contribution in [1.29, 1.82) is 0 Å². The highest BCUT2D eigenvalue weighted by Crippen LogP contribution is 2.35. The molecule has 33 heavy (non-hydrogen) atoms. The van der Waals surface area contributed by atoms with Gasteiger partial charge >= 0.3 is 0 Å². The van der Waals surface area contributed by atoms with Crippen LogP contribution in [0.25, 0.3) is 0 Å². The third-order valence-electron chi connectivity index (χ3n) is 4.91. The maximum absolute atomic E-state index is 12.8. The summed E-state index contributed by atoms with van der Waals surface area (Å²) in [5.41, 5.74) is 2.57. The number of phenols is 1. The van der Waals surface area contributed by atoms with Crippen LogP contribution in [0, 0.1) is 13.8 Å². The summed E-state index contributed by atoms with van der Waals surface area (Å²) in [6.45, 7) is 7.06. The van der Waals surface area contributed by atoms with E-state index in [0.717, 1.165) is 11.1 Å². The van der Waals surface area contributed by atoms with Crippen molar-refractivity contribution < 1.29 is 24.2 Å². The van der Waals surface area contributed by atoms with Gasteiger partial charge in [0, 0.05) is 18.7 Å². The Morgan fingerprint density at radius 3 is 2.21 bits per heavy atom. The zero-order valence-corrected chi connectivity index (χ0v) is 19.1. The third-order valence-corrected chi connectivity index (χ3v) is 4.91. The Bertz CT molecular complexity index is 1120. The third kappa shape index (κ3) is 6.26. The smallest absolute Gasteiger partial charge is 0.265 e. The molecule has 0 aliphatic heterocycles. The van der Waals surface area contributed by atoms with Gasteiger partial charge in [-0.15, -0.1) is 0 Å². The van der Waals surface area contributed by atoms with E-state index in [1.165, 1.54) is 13.0 Å². The van der Waals surface area contributed by atoms with Crippen molar-refractivity contribution in [2.24, 2.45) is 0 Å². The SMILES string of the molecule is CCC(Oc1ccccc1)C(=O)Nc1cc(Oc2c(C)cc(NC(C)=O)cc2C)ccc1O. The highest BCUT2D eigenvalue weighted by molar-refractivity contribution is 5.95. The fourth-order valence-corrected chi connectivity index (χ4v) is 3.38. The van der Waals surface area contributed by atoms with Gasteiger partial charge in [0.05, 0.1) is 5.69 Å². The summed E-state index contributed by atoms with van der Waals surface area (Å²) in [6, 6.07) is 17.4. The van der Waals surface area contributed by atoms with Crippen LogP contribution in [0.4, 0.5) is 11.4 Å². The van der Waals surface area contributed by atoms with Crippen LogP contribution in [0.15, 0.2) is 60.7 Å². The van der Waals surface area contributed by atoms with Crippen molar-refractivity contribution in [1.82, 2.24) is 0 Å². The minimum atomic E-state index is -0.720. The molecule has 0 radical (unpaired) electrons. The molecule has 7 heteroatoms. The van der Waals surface area contributed by atoms with Crippen LogP contribution in [0.5, 0.6) is 23.0 Å². The van der Waals surface area contributed by atoms with E-state index < -0.39 is 6.10 Å². The van der Waals surface area contributed by atoms with Crippen molar-refractivity contribution in [3.8, 4) is 23.0 Å². The molecule has 3 N–H and O–H groups in total. The molecule has 7 nitrogen and oxygen atoms in total. The lowest BCUT2D eigenvalue weighted by atomic mass is 10.1. The van der Waals surface area contributed by atoms with Crippen molar-refractivity contribution >= 4 is 23.2 Å². The molecular formula is C26H28N2O5. The summed E-state index contributed by atoms with van der Waals surface area (Å²) in [5.74, 6) is 1.06. The molecule has 3 aromatic carbocycles. The molecule has 0 heterocycles. The summed E-state index contributed by atoms with van der Waals surface area (Å²) in [7, 11) is 0. The molecule has 1 unspecified atom stereocenters. The zero-order valence-electron chi connectivity index (χ0n) is 19.1. The van der Waals surface area contributed by atoms with Gasteiger partial charge in [-0.2, -0.15) is 0 Å². The summed E-state index contributed by atoms with van der Waals surface area (Å²) in [5, 5.41) is 15.8. The van der Waals surface area contributed by atoms with Crippen LogP contribution in [-0.2, 0) is 9.59 Å². The lowest BCUT2D eigenvalue weighted by molar-refractivity contribution is -0.122. The number of aryl methyl sites for hydroxylation is 2. The van der Waals surface area contributed by atoms with Gasteiger partial charge in [-0.1, -0.05) is 25.1 Å². The van der Waals surface area contributed by atoms with E-state index in [1.54, 1.807) is 24.3 Å². The predicted molar refractivity (Wildman–Crippen MR) is 128 cm³/mol. The minimum absolute atomic E-state index is 0.0836. The average molecular weight is 449 g/mol. The number of rotatable bonds is 8. The number of nitrogens with one attached hydrogen (secondary N) is 2. The van der Waals surface area contributed by atoms with E-state index in [2.05, 4.69) is 10.6 Å². The second kappa shape index (κ2) is 10.5. The molecule has 0 aliphatic rings. The normalized spacial score (nSPS) is 11.4. The first-order valence-corrected chi connectivity index (χ1v) is 10.7. The molecule has 0 aromatic heterocycles. The van der Waals surface area contributed by atoms with Crippen molar-refractivity contribution in [3.05, 3.63) is 71.8 Å². The lowest BCUT2D eigenvalue weighted by Crippen LogP contribution is -2.32. The topological polar surface area (TPSA) is 96.9 Å². The van der Waals surface area contributed by atoms with Crippen molar-refractivity contribution in [3.63, 3.8) is 0 Å². The Morgan fingerprint density at radius 1 is 0.939 bits per heavy atom. The number of anilines is 2. The number of hydrogen-bond donors (Lipinski definition) is 3. The van der Waals surface area contributed by atoms with E-state index in [0.29, 0.717) is 29.4 Å². The molecule has 2 amide bonds. The number of aromatic hydroxyl groups is 1. The van der Waals surface area contributed by atoms with Gasteiger partial charge in [0.1, 0.15) is 23.0 Å². The van der Waals surface area contributed by atoms with Gasteiger partial charge < -0.3 is 25.2 Å². The fourth-order valence-electron chi connectivity index (χ4n) is 3.38. The Balaban J connectivity index is 1.77. The second-order valence-electron chi connectivity index (χ2n) is 7.72. The Hall–Kier alpha value is -4.00. The number of para-hydroxylation sites is 1. The highest BCUT2D eigenvalue weighted by Gasteiger charge is 2.20. The van der Waals surface area contributed by atoms with Crippen LogP contribution >= 0.6 is 0 Å². The predicted octanol–water partition coefficient (Wildman–Crippen LogP) is 5.56. The van der Waals surface area contributed by atoms with E-state index in [9.17, 15) is 14.7 Å². The van der Waals surface area contributed by atoms with Crippen LogP contribution in [-0.4, -0.2) is 23.0 Å². The molecule has 0 saturated carbocycles. The molecule has 3 aromatic rings. The number of ether oxygens (including phenoxy) is 2. The van der Waals surface area contributed by atoms with Gasteiger partial charge in [0.25, 0.3) is 5.91 Å². The van der Waals surface area contributed by atoms with Gasteiger partial charge in [0.2, 0.25) is 5.91 Å². The van der Waals surface area contributed by atoms with Crippen molar-refractivity contribution in [2.45, 2.75) is 40.2 Å². The van der Waals surface area contributed by atoms with E-state index in [1.807, 2.05) is 51.1 Å². The first kappa shape index (κ1) is 23.7. The fraction of sp³-hybridized carbons (Fsp3) is 0.231. The maximum Gasteiger partial charge on any atom is 0.265 e. The molecular weight excluding hydrogens is 420 g/mol. The maximum atomic E-state index is 12.8. The number of benzene rings is 3. The van der Waals surface area contributed by atoms with Gasteiger partial charge in [-0.05, 0) is 67.8 Å². The molecule has 0 fully saturated rings. The van der Waals surface area contributed by atoms with Crippen LogP contribution in [0.2, 0.25) is 0 Å². The molecule has 0 aliphatic carbocycles. The number of hydrogen-bond acceptors (Lipinski definition) is 5. The average Bonchev–Trinajstić information content (AvgIpc) is 2.77. The summed E-state index contributed by atoms with van der Waals surface area (Å²) in [6.07, 6.45) is -0.265. The van der Waals surface area contributed by atoms with E-state index >= 15 is 0 Å². The van der Waals surface area contributed by atoms with Gasteiger partial charge in [0.15, 0.2) is 6.10 Å². The minimum Gasteiger partial charge on any atom is -0.506 e. The first-order valence-electron chi connectivity index (χ1n) is 10.7. The quantitative estimate of drug-likeness (QED) is 0.392. The van der Waals surface area contributed by atoms with Crippen LogP contribution in [0.1, 0.15) is 31.4 Å². The number of carbonyl (C=O) groups excluding carboxylic acids is 2. The molecule has 172 valence electrons. The van der Waals surface area contributed by atoms with Gasteiger partial charge in [-0.3, -0.25) is 9.59 Å². The molecule has 1 atom stereocenters. The number of amides is 2. The number of phenolic OH excluding ortho intramolecular Hbond substituents is 1. The monoisotopic (exact) mass is 448 g/mol. The summed E-state index contributed by atoms with van der Waals surface area (Å²) < 4.78 is 11.8. The number of carbonyl (C=O) groups is 2. The zero-order chi connectivity index (χ0) is 24.0. The summed E-state index contributed by atoms with van der Waals surface area (Å²) >= 11 is 0. The van der Waals surface area contributed by atoms with Crippen LogP contribution in [0.3, 0.4) is 0 Å². The summed E-state index contributed by atoms with van der Waals surface area (Å²) in [4.78, 5) is 24.1. The van der Waals surface area contributed by atoms with Crippen LogP contribution < -0.4 is 20.1 Å². The molecule has 3 rings (SSSR count). The van der Waals surface area contributed by atoms with E-state index in [-0.39, 0.29) is 23.3 Å². The molecule has 0 spiro atoms. The van der Waals surface area contributed by atoms with E-state index in [4.69, 9.17) is 9.47 Å². The molecule has 0 saturated heterocycles. The Kier molecular flexibility index (Phi) is 7.56. The largest absolute Gasteiger partial charge is 0.506 e. The Morgan fingerprint density at radius 2 is 1.61 bits per heavy atom. The Labute approximate surface area is 193 Å². The highest BCUT2D eigenvalue weighted by atomic mass is 16.5. The van der Waals surface area contributed by atoms with Gasteiger partial charge in [-0.25, -0.2) is 0 Å². The van der Waals surface area contributed by atoms with Crippen molar-refractivity contribution in [2.75, 3.05) is 10.6 Å². The standard InChI is InChI=1S/C26H28N2O5/c1-5-24(32-20-9-7-6-8-10-20)26(31)28-22-15-21(11-12-23(22)30)33-25-16(2)13-19(14-17(25)3)27-18(4)29/h6-15,24,30H,5H2,1-4H3,(H,27,29)(H,28,31). The lowest BCUT2D eigenvalue weighted by Gasteiger charge is -2.18. The first-order chi connectivity index (χ1) is 15.8.